The zero-order valence-corrected chi connectivity index (χ0v) is 18.8. The highest BCUT2D eigenvalue weighted by Gasteiger charge is 2.02. The van der Waals surface area contributed by atoms with Crippen LogP contribution >= 0.6 is 23.2 Å². The Morgan fingerprint density at radius 3 is 1.47 bits per heavy atom. The number of carbonyl (C=O) groups excluding carboxylic acids is 2. The lowest BCUT2D eigenvalue weighted by atomic mass is 10.2. The van der Waals surface area contributed by atoms with Crippen LogP contribution in [-0.2, 0) is 19.3 Å². The highest BCUT2D eigenvalue weighted by atomic mass is 35.5. The highest BCUT2D eigenvalue weighted by Crippen LogP contribution is 2.08. The highest BCUT2D eigenvalue weighted by molar-refractivity contribution is 6.30. The molecular weight excluding hydrogens is 455 g/mol. The van der Waals surface area contributed by atoms with E-state index in [9.17, 15) is 9.59 Å². The molecule has 2 amide bonds. The molecule has 0 radical (unpaired) electrons. The number of oxime groups is 2. The second kappa shape index (κ2) is 14.8. The molecule has 0 spiro atoms. The van der Waals surface area contributed by atoms with Crippen LogP contribution in [0.5, 0.6) is 0 Å². The number of hydrogen-bond donors (Lipinski definition) is 2. The van der Waals surface area contributed by atoms with Crippen molar-refractivity contribution in [3.8, 4) is 0 Å². The van der Waals surface area contributed by atoms with E-state index in [2.05, 4.69) is 20.9 Å². The molecule has 0 heterocycles. The minimum Gasteiger partial charge on any atom is -0.386 e. The van der Waals surface area contributed by atoms with Crippen LogP contribution < -0.4 is 10.6 Å². The van der Waals surface area contributed by atoms with E-state index in [1.54, 1.807) is 48.5 Å². The summed E-state index contributed by atoms with van der Waals surface area (Å²) < 4.78 is 0. The lowest BCUT2D eigenvalue weighted by Crippen LogP contribution is -2.30. The van der Waals surface area contributed by atoms with Crippen LogP contribution in [0.3, 0.4) is 0 Å². The minimum absolute atomic E-state index is 0.172. The summed E-state index contributed by atoms with van der Waals surface area (Å²) in [7, 11) is 0. The van der Waals surface area contributed by atoms with Crippen molar-refractivity contribution in [2.24, 2.45) is 10.3 Å². The fraction of sp³-hybridized carbons (Fsp3) is 0.273. The number of halogens is 2. The molecule has 2 rings (SSSR count). The first-order valence-electron chi connectivity index (χ1n) is 9.88. The predicted molar refractivity (Wildman–Crippen MR) is 125 cm³/mol. The van der Waals surface area contributed by atoms with Crippen molar-refractivity contribution < 1.29 is 19.3 Å². The van der Waals surface area contributed by atoms with Gasteiger partial charge in [0, 0.05) is 23.1 Å². The van der Waals surface area contributed by atoms with Gasteiger partial charge >= 0.3 is 0 Å². The Morgan fingerprint density at radius 2 is 1.09 bits per heavy atom. The summed E-state index contributed by atoms with van der Waals surface area (Å²) in [6, 6.07) is 14.1. The Labute approximate surface area is 196 Å². The lowest BCUT2D eigenvalue weighted by Gasteiger charge is -2.06. The van der Waals surface area contributed by atoms with Gasteiger partial charge in [-0.05, 0) is 48.2 Å². The van der Waals surface area contributed by atoms with E-state index >= 15 is 0 Å². The molecule has 0 unspecified atom stereocenters. The van der Waals surface area contributed by atoms with Crippen molar-refractivity contribution in [1.29, 1.82) is 0 Å². The molecule has 2 aromatic rings. The van der Waals surface area contributed by atoms with Crippen molar-refractivity contribution in [2.45, 2.75) is 12.8 Å². The summed E-state index contributed by atoms with van der Waals surface area (Å²) in [5.41, 5.74) is 1.63. The molecule has 0 aliphatic carbocycles. The van der Waals surface area contributed by atoms with Crippen molar-refractivity contribution in [1.82, 2.24) is 10.6 Å². The Bertz CT molecular complexity index is 828. The number of amides is 2. The van der Waals surface area contributed by atoms with E-state index in [1.165, 1.54) is 12.4 Å². The fourth-order valence-corrected chi connectivity index (χ4v) is 2.55. The first-order chi connectivity index (χ1) is 15.5. The number of rotatable bonds is 13. The summed E-state index contributed by atoms with van der Waals surface area (Å²) in [6.45, 7) is 0.602. The summed E-state index contributed by atoms with van der Waals surface area (Å²) in [5, 5.41) is 14.2. The van der Waals surface area contributed by atoms with Gasteiger partial charge in [0.2, 0.25) is 0 Å². The van der Waals surface area contributed by atoms with Gasteiger partial charge in [0.05, 0.1) is 12.4 Å². The molecule has 0 saturated heterocycles. The maximum Gasteiger partial charge on any atom is 0.260 e. The third kappa shape index (κ3) is 11.3. The van der Waals surface area contributed by atoms with Crippen molar-refractivity contribution in [2.75, 3.05) is 26.3 Å². The molecule has 170 valence electrons. The van der Waals surface area contributed by atoms with Crippen molar-refractivity contribution in [3.63, 3.8) is 0 Å². The van der Waals surface area contributed by atoms with E-state index in [4.69, 9.17) is 32.9 Å². The van der Waals surface area contributed by atoms with E-state index in [1.807, 2.05) is 0 Å². The Hall–Kier alpha value is -3.10. The van der Waals surface area contributed by atoms with E-state index in [-0.39, 0.29) is 25.0 Å². The number of nitrogens with zero attached hydrogens (tertiary/aromatic N) is 2. The van der Waals surface area contributed by atoms with Crippen LogP contribution in [0, 0.1) is 0 Å². The van der Waals surface area contributed by atoms with Crippen LogP contribution in [-0.4, -0.2) is 50.5 Å². The summed E-state index contributed by atoms with van der Waals surface area (Å²) in [4.78, 5) is 33.3. The molecule has 8 nitrogen and oxygen atoms in total. The largest absolute Gasteiger partial charge is 0.386 e. The Morgan fingerprint density at radius 1 is 0.719 bits per heavy atom. The fourth-order valence-electron chi connectivity index (χ4n) is 2.29. The zero-order chi connectivity index (χ0) is 23.0. The number of carbonyl (C=O) groups is 2. The molecule has 32 heavy (non-hydrogen) atoms. The third-order valence-corrected chi connectivity index (χ3v) is 4.44. The van der Waals surface area contributed by atoms with Gasteiger partial charge in [-0.15, -0.1) is 0 Å². The molecule has 2 N–H and O–H groups in total. The van der Waals surface area contributed by atoms with Crippen LogP contribution in [0.4, 0.5) is 0 Å². The Balaban J connectivity index is 1.44. The average molecular weight is 479 g/mol. The van der Waals surface area contributed by atoms with Gasteiger partial charge in [0.1, 0.15) is 0 Å². The topological polar surface area (TPSA) is 101 Å². The molecule has 0 saturated carbocycles. The van der Waals surface area contributed by atoms with E-state index in [0.717, 1.165) is 11.1 Å². The smallest absolute Gasteiger partial charge is 0.260 e. The van der Waals surface area contributed by atoms with Crippen LogP contribution in [0.2, 0.25) is 10.0 Å². The van der Waals surface area contributed by atoms with Gasteiger partial charge in [-0.2, -0.15) is 0 Å². The first kappa shape index (κ1) is 25.2. The third-order valence-electron chi connectivity index (χ3n) is 3.93. The Kier molecular flexibility index (Phi) is 11.7. The van der Waals surface area contributed by atoms with Crippen molar-refractivity contribution in [3.05, 3.63) is 69.7 Å². The SMILES string of the molecule is O=C(CO/N=C\c1ccc(Cl)cc1)NCCCCNC(=O)CO/N=C/c1ccc(Cl)cc1. The first-order valence-corrected chi connectivity index (χ1v) is 10.6. The van der Waals surface area contributed by atoms with Gasteiger partial charge in [-0.25, -0.2) is 0 Å². The second-order valence-electron chi connectivity index (χ2n) is 6.53. The van der Waals surface area contributed by atoms with E-state index < -0.39 is 0 Å². The molecule has 0 aliphatic heterocycles. The molecule has 10 heteroatoms. The van der Waals surface area contributed by atoms with Gasteiger partial charge in [0.25, 0.3) is 11.8 Å². The minimum atomic E-state index is -0.269. The van der Waals surface area contributed by atoms with Gasteiger partial charge in [0.15, 0.2) is 13.2 Å². The van der Waals surface area contributed by atoms with Gasteiger partial charge < -0.3 is 20.3 Å². The van der Waals surface area contributed by atoms with Crippen LogP contribution in [0.1, 0.15) is 24.0 Å². The average Bonchev–Trinajstić information content (AvgIpc) is 2.79. The van der Waals surface area contributed by atoms with Crippen LogP contribution in [0.15, 0.2) is 58.8 Å². The number of nitrogens with one attached hydrogen (secondary N) is 2. The maximum absolute atomic E-state index is 11.7. The molecule has 0 bridgehead atoms. The lowest BCUT2D eigenvalue weighted by molar-refractivity contribution is -0.126. The molecule has 0 aromatic heterocycles. The van der Waals surface area contributed by atoms with Crippen molar-refractivity contribution >= 4 is 47.4 Å². The number of unbranched alkanes of at least 4 members (excludes halogenated alkanes) is 1. The monoisotopic (exact) mass is 478 g/mol. The second-order valence-corrected chi connectivity index (χ2v) is 7.40. The molecule has 2 aromatic carbocycles. The maximum atomic E-state index is 11.7. The summed E-state index contributed by atoms with van der Waals surface area (Å²) in [6.07, 6.45) is 4.41. The predicted octanol–water partition coefficient (Wildman–Crippen LogP) is 3.41. The van der Waals surface area contributed by atoms with E-state index in [0.29, 0.717) is 36.0 Å². The quantitative estimate of drug-likeness (QED) is 0.261. The molecule has 0 atom stereocenters. The molecule has 0 fully saturated rings. The number of benzene rings is 2. The van der Waals surface area contributed by atoms with Gasteiger partial charge in [-0.3, -0.25) is 9.59 Å². The normalized spacial score (nSPS) is 10.9. The molecular formula is C22H24Cl2N4O4. The summed E-state index contributed by atoms with van der Waals surface area (Å²) >= 11 is 11.6. The number of hydrogen-bond acceptors (Lipinski definition) is 6. The summed E-state index contributed by atoms with van der Waals surface area (Å²) in [5.74, 6) is -0.538. The van der Waals surface area contributed by atoms with Gasteiger partial charge in [-0.1, -0.05) is 57.8 Å². The standard InChI is InChI=1S/C22H24Cl2N4O4/c23-19-7-3-17(4-8-19)13-27-31-15-21(29)25-11-1-2-12-26-22(30)16-32-28-14-18-5-9-20(24)10-6-18/h3-10,13-14H,1-2,11-12,15-16H2,(H,25,29)(H,26,30)/b27-13-,28-14+. The zero-order valence-electron chi connectivity index (χ0n) is 17.3. The van der Waals surface area contributed by atoms with Crippen LogP contribution in [0.25, 0.3) is 0 Å². The molecule has 0 aliphatic rings.